The third-order valence-electron chi connectivity index (χ3n) is 5.72. The van der Waals surface area contributed by atoms with Gasteiger partial charge in [-0.3, -0.25) is 4.79 Å². The van der Waals surface area contributed by atoms with Gasteiger partial charge in [0, 0.05) is 6.42 Å². The summed E-state index contributed by atoms with van der Waals surface area (Å²) in [7, 11) is 1.43. The molecule has 4 atom stereocenters. The zero-order valence-electron chi connectivity index (χ0n) is 17.1. The molecule has 1 aliphatic carbocycles. The maximum absolute atomic E-state index is 11.1. The lowest BCUT2D eigenvalue weighted by Gasteiger charge is -2.23. The molecule has 152 valence electrons. The lowest BCUT2D eigenvalue weighted by Crippen LogP contribution is -2.22. The first-order valence-corrected chi connectivity index (χ1v) is 10.6. The third kappa shape index (κ3) is 9.18. The fourth-order valence-electron chi connectivity index (χ4n) is 3.97. The van der Waals surface area contributed by atoms with Crippen LogP contribution in [0.5, 0.6) is 0 Å². The van der Waals surface area contributed by atoms with E-state index in [0.29, 0.717) is 18.3 Å². The Kier molecular flexibility index (Phi) is 11.1. The fraction of sp³-hybridized carbons (Fsp3) is 0.864. The van der Waals surface area contributed by atoms with Crippen molar-refractivity contribution in [1.29, 1.82) is 0 Å². The quantitative estimate of drug-likeness (QED) is 0.279. The summed E-state index contributed by atoms with van der Waals surface area (Å²) in [4.78, 5) is 11.1. The van der Waals surface area contributed by atoms with Crippen LogP contribution in [-0.2, 0) is 9.53 Å². The van der Waals surface area contributed by atoms with Crippen molar-refractivity contribution in [2.24, 2.45) is 11.8 Å². The van der Waals surface area contributed by atoms with Crippen molar-refractivity contribution in [1.82, 2.24) is 0 Å². The highest BCUT2D eigenvalue weighted by Gasteiger charge is 2.33. The van der Waals surface area contributed by atoms with Crippen LogP contribution in [0.25, 0.3) is 0 Å². The van der Waals surface area contributed by atoms with E-state index in [1.807, 2.05) is 13.0 Å². The van der Waals surface area contributed by atoms with Gasteiger partial charge in [0.1, 0.15) is 0 Å². The number of unbranched alkanes of at least 4 members (excludes halogenated alkanes) is 5. The summed E-state index contributed by atoms with van der Waals surface area (Å²) >= 11 is 0. The summed E-state index contributed by atoms with van der Waals surface area (Å²) < 4.78 is 4.65. The van der Waals surface area contributed by atoms with Gasteiger partial charge >= 0.3 is 5.97 Å². The number of aliphatic hydroxyl groups excluding tert-OH is 1. The van der Waals surface area contributed by atoms with E-state index in [9.17, 15) is 15.0 Å². The number of hydrogen-bond acceptors (Lipinski definition) is 4. The lowest BCUT2D eigenvalue weighted by molar-refractivity contribution is -0.140. The molecule has 0 amide bonds. The molecule has 0 radical (unpaired) electrons. The number of carbonyl (C=O) groups is 1. The van der Waals surface area contributed by atoms with E-state index in [0.717, 1.165) is 70.6 Å². The Bertz CT molecular complexity index is 416. The van der Waals surface area contributed by atoms with Gasteiger partial charge < -0.3 is 14.9 Å². The lowest BCUT2D eigenvalue weighted by atomic mass is 9.87. The molecule has 26 heavy (non-hydrogen) atoms. The Morgan fingerprint density at radius 3 is 2.58 bits per heavy atom. The van der Waals surface area contributed by atoms with E-state index in [2.05, 4.69) is 17.7 Å². The molecule has 0 spiro atoms. The highest BCUT2D eigenvalue weighted by atomic mass is 16.5. The average Bonchev–Trinajstić information content (AvgIpc) is 2.96. The van der Waals surface area contributed by atoms with Gasteiger partial charge in [0.2, 0.25) is 0 Å². The predicted molar refractivity (Wildman–Crippen MR) is 106 cm³/mol. The highest BCUT2D eigenvalue weighted by molar-refractivity contribution is 5.68. The van der Waals surface area contributed by atoms with Crippen LogP contribution in [-0.4, -0.2) is 35.0 Å². The zero-order chi connectivity index (χ0) is 19.4. The molecule has 0 aliphatic heterocycles. The SMILES string of the molecule is CCCCCC(C)(O)C=CC1CC[C@@H](O)[C@@H]1CCCCCCC(=O)OC. The molecule has 0 bridgehead atoms. The van der Waals surface area contributed by atoms with Crippen LogP contribution in [0.2, 0.25) is 0 Å². The Labute approximate surface area is 160 Å². The number of aliphatic hydroxyl groups is 2. The van der Waals surface area contributed by atoms with E-state index in [-0.39, 0.29) is 12.1 Å². The van der Waals surface area contributed by atoms with Crippen molar-refractivity contribution >= 4 is 5.97 Å². The monoisotopic (exact) mass is 368 g/mol. The molecular formula is C22H40O4. The summed E-state index contributed by atoms with van der Waals surface area (Å²) in [5, 5.41) is 20.8. The van der Waals surface area contributed by atoms with Crippen LogP contribution in [0.3, 0.4) is 0 Å². The molecule has 2 unspecified atom stereocenters. The number of esters is 1. The van der Waals surface area contributed by atoms with Crippen LogP contribution in [0.1, 0.15) is 90.9 Å². The number of hydrogen-bond donors (Lipinski definition) is 2. The van der Waals surface area contributed by atoms with Crippen molar-refractivity contribution in [3.05, 3.63) is 12.2 Å². The first-order valence-electron chi connectivity index (χ1n) is 10.6. The highest BCUT2D eigenvalue weighted by Crippen LogP contribution is 2.37. The van der Waals surface area contributed by atoms with E-state index in [4.69, 9.17) is 0 Å². The minimum Gasteiger partial charge on any atom is -0.469 e. The number of rotatable bonds is 13. The van der Waals surface area contributed by atoms with E-state index >= 15 is 0 Å². The van der Waals surface area contributed by atoms with Crippen molar-refractivity contribution in [2.45, 2.75) is 103 Å². The molecule has 4 nitrogen and oxygen atoms in total. The molecule has 1 saturated carbocycles. The zero-order valence-corrected chi connectivity index (χ0v) is 17.1. The number of carbonyl (C=O) groups excluding carboxylic acids is 1. The van der Waals surface area contributed by atoms with Gasteiger partial charge in [0.05, 0.1) is 18.8 Å². The van der Waals surface area contributed by atoms with E-state index < -0.39 is 5.60 Å². The maximum atomic E-state index is 11.1. The fourth-order valence-corrected chi connectivity index (χ4v) is 3.97. The number of allylic oxidation sites excluding steroid dienone is 1. The Morgan fingerprint density at radius 1 is 1.15 bits per heavy atom. The molecule has 4 heteroatoms. The molecule has 2 N–H and O–H groups in total. The van der Waals surface area contributed by atoms with Gasteiger partial charge in [-0.25, -0.2) is 0 Å². The number of ether oxygens (including phenoxy) is 1. The van der Waals surface area contributed by atoms with Crippen LogP contribution >= 0.6 is 0 Å². The molecule has 1 aliphatic rings. The van der Waals surface area contributed by atoms with Crippen LogP contribution in [0.4, 0.5) is 0 Å². The normalized spacial score (nSPS) is 25.5. The second-order valence-electron chi connectivity index (χ2n) is 8.17. The first kappa shape index (κ1) is 23.2. The minimum atomic E-state index is -0.735. The van der Waals surface area contributed by atoms with Gasteiger partial charge in [-0.15, -0.1) is 0 Å². The van der Waals surface area contributed by atoms with Gasteiger partial charge in [-0.2, -0.15) is 0 Å². The van der Waals surface area contributed by atoms with Crippen molar-refractivity contribution in [2.75, 3.05) is 7.11 Å². The number of methoxy groups -OCH3 is 1. The predicted octanol–water partition coefficient (Wildman–Crippen LogP) is 4.77. The van der Waals surface area contributed by atoms with Crippen LogP contribution < -0.4 is 0 Å². The standard InChI is InChI=1S/C22H40O4/c1-4-5-10-16-22(2,25)17-15-18-13-14-20(23)19(18)11-8-6-7-9-12-21(24)26-3/h15,17-20,23,25H,4-14,16H2,1-3H3/t18?,19-,20-,22?/m1/s1. The first-order chi connectivity index (χ1) is 12.4. The summed E-state index contributed by atoms with van der Waals surface area (Å²) in [5.74, 6) is 0.545. The molecule has 0 aromatic rings. The van der Waals surface area contributed by atoms with Crippen LogP contribution in [0.15, 0.2) is 12.2 Å². The smallest absolute Gasteiger partial charge is 0.305 e. The molecule has 1 rings (SSSR count). The van der Waals surface area contributed by atoms with Gasteiger partial charge in [-0.05, 0) is 50.9 Å². The minimum absolute atomic E-state index is 0.132. The molecule has 1 fully saturated rings. The van der Waals surface area contributed by atoms with Crippen molar-refractivity contribution < 1.29 is 19.7 Å². The molecular weight excluding hydrogens is 328 g/mol. The topological polar surface area (TPSA) is 66.8 Å². The average molecular weight is 369 g/mol. The summed E-state index contributed by atoms with van der Waals surface area (Å²) in [6.07, 6.45) is 15.6. The summed E-state index contributed by atoms with van der Waals surface area (Å²) in [5.41, 5.74) is -0.735. The summed E-state index contributed by atoms with van der Waals surface area (Å²) in [6, 6.07) is 0. The molecule has 0 heterocycles. The maximum Gasteiger partial charge on any atom is 0.305 e. The van der Waals surface area contributed by atoms with Gasteiger partial charge in [-0.1, -0.05) is 57.6 Å². The Balaban J connectivity index is 2.34. The summed E-state index contributed by atoms with van der Waals surface area (Å²) in [6.45, 7) is 4.06. The Hall–Kier alpha value is -0.870. The molecule has 0 aromatic heterocycles. The van der Waals surface area contributed by atoms with Crippen molar-refractivity contribution in [3.63, 3.8) is 0 Å². The molecule has 0 aromatic carbocycles. The van der Waals surface area contributed by atoms with E-state index in [1.54, 1.807) is 0 Å². The second kappa shape index (κ2) is 12.5. The largest absolute Gasteiger partial charge is 0.469 e. The second-order valence-corrected chi connectivity index (χ2v) is 8.17. The van der Waals surface area contributed by atoms with Gasteiger partial charge in [0.25, 0.3) is 0 Å². The Morgan fingerprint density at radius 2 is 1.88 bits per heavy atom. The van der Waals surface area contributed by atoms with E-state index in [1.165, 1.54) is 7.11 Å². The molecule has 0 saturated heterocycles. The van der Waals surface area contributed by atoms with Crippen LogP contribution in [0, 0.1) is 11.8 Å². The van der Waals surface area contributed by atoms with Gasteiger partial charge in [0.15, 0.2) is 0 Å². The van der Waals surface area contributed by atoms with Crippen molar-refractivity contribution in [3.8, 4) is 0 Å². The third-order valence-corrected chi connectivity index (χ3v) is 5.72.